The van der Waals surface area contributed by atoms with Crippen LogP contribution in [0.15, 0.2) is 119 Å². The van der Waals surface area contributed by atoms with E-state index in [1.165, 1.54) is 49.6 Å². The first-order valence-corrected chi connectivity index (χ1v) is 16.4. The van der Waals surface area contributed by atoms with Gasteiger partial charge in [0.05, 0.1) is 29.8 Å². The third-order valence-electron chi connectivity index (χ3n) is 8.22. The van der Waals surface area contributed by atoms with Crippen molar-refractivity contribution >= 4 is 40.4 Å². The molecular formula is C38H32N6O10. The molecule has 4 aromatic carbocycles. The highest BCUT2D eigenvalue weighted by Crippen LogP contribution is 2.26. The van der Waals surface area contributed by atoms with E-state index < -0.39 is 47.1 Å². The van der Waals surface area contributed by atoms with E-state index in [-0.39, 0.29) is 58.3 Å². The third-order valence-corrected chi connectivity index (χ3v) is 8.22. The van der Waals surface area contributed by atoms with Gasteiger partial charge in [-0.15, -0.1) is 0 Å². The monoisotopic (exact) mass is 732 g/mol. The average molecular weight is 733 g/mol. The fraction of sp³-hybridized carbons (Fsp3) is 0.158. The Morgan fingerprint density at radius 2 is 1.69 bits per heavy atom. The molecule has 2 heterocycles. The molecule has 0 fully saturated rings. The van der Waals surface area contributed by atoms with E-state index in [1.54, 1.807) is 60.7 Å². The van der Waals surface area contributed by atoms with Crippen molar-refractivity contribution in [1.29, 1.82) is 0 Å². The third kappa shape index (κ3) is 8.63. The van der Waals surface area contributed by atoms with E-state index in [4.69, 9.17) is 13.9 Å². The Labute approximate surface area is 306 Å². The minimum absolute atomic E-state index is 0.0832. The minimum Gasteiger partial charge on any atom is -0.465 e. The number of non-ortho nitro benzene ring substituents is 1. The number of hydrogen-bond donors (Lipinski definition) is 3. The number of aliphatic hydroxyl groups is 1. The minimum atomic E-state index is -1.51. The molecule has 0 aliphatic carbocycles. The zero-order chi connectivity index (χ0) is 38.2. The van der Waals surface area contributed by atoms with Gasteiger partial charge in [-0.3, -0.25) is 29.6 Å². The van der Waals surface area contributed by atoms with Crippen molar-refractivity contribution in [2.75, 3.05) is 12.4 Å². The van der Waals surface area contributed by atoms with Crippen molar-refractivity contribution in [2.24, 2.45) is 0 Å². The first-order chi connectivity index (χ1) is 26.1. The lowest BCUT2D eigenvalue weighted by Crippen LogP contribution is -2.44. The van der Waals surface area contributed by atoms with Gasteiger partial charge in [0.2, 0.25) is 11.8 Å². The highest BCUT2D eigenvalue weighted by molar-refractivity contribution is 5.93. The maximum atomic E-state index is 13.9. The standard InChI is InChI=1S/C38H32N6O10/c1-52-37(48)26-15-16-31-28(19-26)41-35(54-31)33(46)29(17-23-9-4-2-5-10-23)40-32(45)21-43-34(25-13-8-14-27(18-25)44(50)51)39-20-30(36(43)47)42-38(49)53-22-24-11-6-3-7-12-24/h2-16,18-20,29,33,46H,17,21-22H2,1H3,(H,40,45)(H,42,49). The fourth-order valence-electron chi connectivity index (χ4n) is 5.58. The summed E-state index contributed by atoms with van der Waals surface area (Å²) in [6, 6.07) is 26.5. The molecule has 16 nitrogen and oxygen atoms in total. The van der Waals surface area contributed by atoms with Crippen LogP contribution in [-0.2, 0) is 33.8 Å². The van der Waals surface area contributed by atoms with E-state index >= 15 is 0 Å². The Morgan fingerprint density at radius 3 is 2.39 bits per heavy atom. The molecule has 0 bridgehead atoms. The van der Waals surface area contributed by atoms with Gasteiger partial charge in [-0.2, -0.15) is 0 Å². The van der Waals surface area contributed by atoms with Gasteiger partial charge < -0.3 is 24.3 Å². The van der Waals surface area contributed by atoms with Gasteiger partial charge in [-0.25, -0.2) is 19.6 Å². The lowest BCUT2D eigenvalue weighted by atomic mass is 10.0. The summed E-state index contributed by atoms with van der Waals surface area (Å²) < 4.78 is 16.8. The molecule has 6 aromatic rings. The molecule has 2 unspecified atom stereocenters. The molecule has 2 amide bonds. The summed E-state index contributed by atoms with van der Waals surface area (Å²) in [5.41, 5.74) is 0.869. The lowest BCUT2D eigenvalue weighted by Gasteiger charge is -2.23. The van der Waals surface area contributed by atoms with Crippen molar-refractivity contribution in [3.05, 3.63) is 152 Å². The largest absolute Gasteiger partial charge is 0.465 e. The van der Waals surface area contributed by atoms with Crippen LogP contribution in [-0.4, -0.2) is 55.7 Å². The average Bonchev–Trinajstić information content (AvgIpc) is 3.62. The summed E-state index contributed by atoms with van der Waals surface area (Å²) in [5.74, 6) is -1.61. The van der Waals surface area contributed by atoms with Gasteiger partial charge in [-0.05, 0) is 35.7 Å². The second-order valence-corrected chi connectivity index (χ2v) is 11.9. The van der Waals surface area contributed by atoms with Crippen LogP contribution in [0, 0.1) is 10.1 Å². The lowest BCUT2D eigenvalue weighted by molar-refractivity contribution is -0.384. The molecule has 0 saturated carbocycles. The second kappa shape index (κ2) is 16.4. The summed E-state index contributed by atoms with van der Waals surface area (Å²) >= 11 is 0. The Bertz CT molecular complexity index is 2380. The zero-order valence-electron chi connectivity index (χ0n) is 28.6. The number of hydrogen-bond acceptors (Lipinski definition) is 12. The number of esters is 1. The van der Waals surface area contributed by atoms with Crippen molar-refractivity contribution in [2.45, 2.75) is 31.7 Å². The fourth-order valence-corrected chi connectivity index (χ4v) is 5.58. The number of nitro benzene ring substituents is 1. The molecule has 16 heteroatoms. The van der Waals surface area contributed by atoms with Gasteiger partial charge in [0, 0.05) is 17.7 Å². The van der Waals surface area contributed by atoms with Crippen LogP contribution in [0.5, 0.6) is 0 Å². The number of aliphatic hydroxyl groups excluding tert-OH is 1. The van der Waals surface area contributed by atoms with Gasteiger partial charge in [-0.1, -0.05) is 72.8 Å². The van der Waals surface area contributed by atoms with Crippen LogP contribution < -0.4 is 16.2 Å². The number of anilines is 1. The number of rotatable bonds is 13. The number of ether oxygens (including phenoxy) is 2. The first-order valence-electron chi connectivity index (χ1n) is 16.4. The Hall–Kier alpha value is -7.20. The van der Waals surface area contributed by atoms with Crippen LogP contribution in [0.25, 0.3) is 22.5 Å². The van der Waals surface area contributed by atoms with Crippen LogP contribution in [0.4, 0.5) is 16.2 Å². The number of carbonyl (C=O) groups excluding carboxylic acids is 3. The molecule has 0 aliphatic heterocycles. The maximum absolute atomic E-state index is 13.9. The first kappa shape index (κ1) is 36.6. The second-order valence-electron chi connectivity index (χ2n) is 11.9. The quantitative estimate of drug-likeness (QED) is 0.0816. The molecule has 0 radical (unpaired) electrons. The van der Waals surface area contributed by atoms with E-state index in [0.717, 1.165) is 16.3 Å². The van der Waals surface area contributed by atoms with E-state index in [1.807, 2.05) is 0 Å². The van der Waals surface area contributed by atoms with Crippen molar-refractivity contribution in [1.82, 2.24) is 19.9 Å². The van der Waals surface area contributed by atoms with Crippen LogP contribution >= 0.6 is 0 Å². The highest BCUT2D eigenvalue weighted by atomic mass is 16.6. The van der Waals surface area contributed by atoms with Gasteiger partial charge >= 0.3 is 12.1 Å². The van der Waals surface area contributed by atoms with Crippen molar-refractivity contribution in [3.63, 3.8) is 0 Å². The van der Waals surface area contributed by atoms with Crippen molar-refractivity contribution < 1.29 is 38.3 Å². The molecule has 0 aliphatic rings. The molecule has 6 rings (SSSR count). The molecule has 2 atom stereocenters. The van der Waals surface area contributed by atoms with Crippen molar-refractivity contribution in [3.8, 4) is 11.4 Å². The van der Waals surface area contributed by atoms with E-state index in [0.29, 0.717) is 5.56 Å². The van der Waals surface area contributed by atoms with Gasteiger partial charge in [0.15, 0.2) is 11.7 Å². The normalized spacial score (nSPS) is 12.0. The molecular weight excluding hydrogens is 700 g/mol. The number of aromatic nitrogens is 3. The van der Waals surface area contributed by atoms with Crippen LogP contribution in [0.2, 0.25) is 0 Å². The summed E-state index contributed by atoms with van der Waals surface area (Å²) in [5, 5.41) is 28.2. The Balaban J connectivity index is 1.30. The Kier molecular flexibility index (Phi) is 11.1. The number of fused-ring (bicyclic) bond motifs is 1. The zero-order valence-corrected chi connectivity index (χ0v) is 28.6. The predicted molar refractivity (Wildman–Crippen MR) is 193 cm³/mol. The summed E-state index contributed by atoms with van der Waals surface area (Å²) in [4.78, 5) is 72.1. The number of amides is 2. The smallest absolute Gasteiger partial charge is 0.412 e. The number of nitrogens with zero attached hydrogens (tertiary/aromatic N) is 4. The molecule has 0 saturated heterocycles. The summed E-state index contributed by atoms with van der Waals surface area (Å²) in [7, 11) is 1.24. The number of nitrogens with one attached hydrogen (secondary N) is 2. The van der Waals surface area contributed by atoms with Crippen LogP contribution in [0.3, 0.4) is 0 Å². The summed E-state index contributed by atoms with van der Waals surface area (Å²) in [6.07, 6.45) is -1.31. The van der Waals surface area contributed by atoms with Gasteiger partial charge in [0.25, 0.3) is 11.2 Å². The number of benzene rings is 4. The predicted octanol–water partition coefficient (Wildman–Crippen LogP) is 4.96. The number of nitro groups is 1. The maximum Gasteiger partial charge on any atom is 0.412 e. The van der Waals surface area contributed by atoms with Crippen LogP contribution in [0.1, 0.15) is 33.5 Å². The highest BCUT2D eigenvalue weighted by Gasteiger charge is 2.29. The number of oxazole rings is 1. The molecule has 0 spiro atoms. The van der Waals surface area contributed by atoms with E-state index in [2.05, 4.69) is 20.6 Å². The molecule has 54 heavy (non-hydrogen) atoms. The molecule has 3 N–H and O–H groups in total. The SMILES string of the molecule is COC(=O)c1ccc2oc(C(O)C(Cc3ccccc3)NC(=O)Cn3c(-c4cccc([N+](=O)[O-])c4)ncc(NC(=O)OCc4ccccc4)c3=O)nc2c1. The number of carbonyl (C=O) groups is 3. The molecule has 274 valence electrons. The Morgan fingerprint density at radius 1 is 0.963 bits per heavy atom. The molecule has 2 aromatic heterocycles. The topological polar surface area (TPSA) is 218 Å². The van der Waals surface area contributed by atoms with Gasteiger partial charge in [0.1, 0.15) is 30.2 Å². The summed E-state index contributed by atoms with van der Waals surface area (Å²) in [6.45, 7) is -0.771. The van der Waals surface area contributed by atoms with E-state index in [9.17, 15) is 34.4 Å². The number of methoxy groups -OCH3 is 1.